The van der Waals surface area contributed by atoms with E-state index in [1.165, 1.54) is 0 Å². The van der Waals surface area contributed by atoms with Crippen molar-refractivity contribution in [1.29, 1.82) is 0 Å². The molecule has 0 unspecified atom stereocenters. The van der Waals surface area contributed by atoms with E-state index in [4.69, 9.17) is 15.2 Å². The Kier molecular flexibility index (Phi) is 3.97. The molecule has 0 spiro atoms. The first-order chi connectivity index (χ1) is 7.15. The van der Waals surface area contributed by atoms with Gasteiger partial charge in [0, 0.05) is 0 Å². The predicted octanol–water partition coefficient (Wildman–Crippen LogP) is 1.82. The Labute approximate surface area is 91.2 Å². The molecule has 1 aromatic carbocycles. The fourth-order valence-electron chi connectivity index (χ4n) is 1.77. The Morgan fingerprint density at radius 3 is 2.27 bits per heavy atom. The van der Waals surface area contributed by atoms with Gasteiger partial charge < -0.3 is 15.2 Å². The maximum absolute atomic E-state index is 5.57. The summed E-state index contributed by atoms with van der Waals surface area (Å²) in [7, 11) is 3.37. The maximum Gasteiger partial charge on any atom is 0.125 e. The molecule has 84 valence electrons. The van der Waals surface area contributed by atoms with Gasteiger partial charge in [-0.25, -0.2) is 0 Å². The van der Waals surface area contributed by atoms with Crippen molar-refractivity contribution >= 4 is 0 Å². The Balaban J connectivity index is 3.30. The van der Waals surface area contributed by atoms with Crippen LogP contribution < -0.4 is 15.2 Å². The van der Waals surface area contributed by atoms with Crippen LogP contribution in [0, 0.1) is 13.8 Å². The normalized spacial score (nSPS) is 10.2. The fraction of sp³-hybridized carbons (Fsp3) is 0.500. The smallest absolute Gasteiger partial charge is 0.125 e. The van der Waals surface area contributed by atoms with Gasteiger partial charge in [-0.05, 0) is 49.6 Å². The SMILES string of the molecule is COc1[13cH]c(CCN)c(OC)c(C)c1C. The molecular formula is C12H19NO2. The summed E-state index contributed by atoms with van der Waals surface area (Å²) in [5.41, 5.74) is 8.92. The molecule has 0 aliphatic heterocycles. The summed E-state index contributed by atoms with van der Waals surface area (Å²) in [6.45, 7) is 4.68. The lowest BCUT2D eigenvalue weighted by Gasteiger charge is -2.16. The van der Waals surface area contributed by atoms with Crippen LogP contribution >= 0.6 is 0 Å². The van der Waals surface area contributed by atoms with E-state index in [2.05, 4.69) is 0 Å². The molecule has 0 saturated heterocycles. The van der Waals surface area contributed by atoms with Crippen LogP contribution in [-0.4, -0.2) is 20.8 Å². The van der Waals surface area contributed by atoms with E-state index in [9.17, 15) is 0 Å². The average Bonchev–Trinajstić information content (AvgIpc) is 2.24. The van der Waals surface area contributed by atoms with Crippen LogP contribution in [0.3, 0.4) is 0 Å². The second-order valence-corrected chi connectivity index (χ2v) is 3.56. The van der Waals surface area contributed by atoms with Gasteiger partial charge >= 0.3 is 0 Å². The molecule has 3 heteroatoms. The van der Waals surface area contributed by atoms with Crippen molar-refractivity contribution in [3.63, 3.8) is 0 Å². The van der Waals surface area contributed by atoms with E-state index >= 15 is 0 Å². The highest BCUT2D eigenvalue weighted by Gasteiger charge is 2.12. The molecule has 0 heterocycles. The average molecular weight is 210 g/mol. The zero-order chi connectivity index (χ0) is 11.4. The minimum atomic E-state index is 0.613. The molecule has 0 fully saturated rings. The van der Waals surface area contributed by atoms with Crippen molar-refractivity contribution in [1.82, 2.24) is 0 Å². The number of rotatable bonds is 4. The molecule has 0 aliphatic carbocycles. The molecule has 0 aromatic heterocycles. The van der Waals surface area contributed by atoms with Crippen LogP contribution in [0.4, 0.5) is 0 Å². The van der Waals surface area contributed by atoms with Gasteiger partial charge in [0.25, 0.3) is 0 Å². The number of nitrogens with two attached hydrogens (primary N) is 1. The van der Waals surface area contributed by atoms with Crippen LogP contribution in [0.5, 0.6) is 11.5 Å². The molecule has 2 N–H and O–H groups in total. The summed E-state index contributed by atoms with van der Waals surface area (Å²) >= 11 is 0. The van der Waals surface area contributed by atoms with Crippen molar-refractivity contribution in [3.05, 3.63) is 22.8 Å². The molecule has 0 atom stereocenters. The highest BCUT2D eigenvalue weighted by molar-refractivity contribution is 5.52. The fourth-order valence-corrected chi connectivity index (χ4v) is 1.77. The Morgan fingerprint density at radius 2 is 1.80 bits per heavy atom. The number of ether oxygens (including phenoxy) is 2. The zero-order valence-corrected chi connectivity index (χ0v) is 9.89. The van der Waals surface area contributed by atoms with E-state index in [0.29, 0.717) is 6.54 Å². The van der Waals surface area contributed by atoms with Gasteiger partial charge in [-0.15, -0.1) is 0 Å². The maximum atomic E-state index is 5.57. The molecule has 0 aliphatic rings. The minimum absolute atomic E-state index is 0.613. The predicted molar refractivity (Wildman–Crippen MR) is 61.8 cm³/mol. The molecular weight excluding hydrogens is 191 g/mol. The van der Waals surface area contributed by atoms with Crippen molar-refractivity contribution in [2.75, 3.05) is 20.8 Å². The third kappa shape index (κ3) is 2.23. The van der Waals surface area contributed by atoms with E-state index in [-0.39, 0.29) is 0 Å². The Bertz CT molecular complexity index is 348. The lowest BCUT2D eigenvalue weighted by atomic mass is 10.1. The molecule has 1 rings (SSSR count). The third-order valence-corrected chi connectivity index (χ3v) is 2.71. The number of methoxy groups -OCH3 is 2. The van der Waals surface area contributed by atoms with E-state index in [1.807, 2.05) is 19.9 Å². The first-order valence-corrected chi connectivity index (χ1v) is 5.06. The number of hydrogen-bond acceptors (Lipinski definition) is 3. The van der Waals surface area contributed by atoms with Crippen LogP contribution in [0.1, 0.15) is 16.7 Å². The van der Waals surface area contributed by atoms with Crippen LogP contribution in [0.2, 0.25) is 0 Å². The van der Waals surface area contributed by atoms with Crippen LogP contribution in [-0.2, 0) is 6.42 Å². The summed E-state index contributed by atoms with van der Waals surface area (Å²) in [6, 6.07) is 2.01. The van der Waals surface area contributed by atoms with Gasteiger partial charge in [-0.1, -0.05) is 0 Å². The summed E-state index contributed by atoms with van der Waals surface area (Å²) in [6.07, 6.45) is 0.806. The molecule has 0 radical (unpaired) electrons. The van der Waals surface area contributed by atoms with Gasteiger partial charge in [0.1, 0.15) is 11.5 Å². The van der Waals surface area contributed by atoms with Gasteiger partial charge in [-0.2, -0.15) is 0 Å². The second-order valence-electron chi connectivity index (χ2n) is 3.56. The Morgan fingerprint density at radius 1 is 1.13 bits per heavy atom. The van der Waals surface area contributed by atoms with Gasteiger partial charge in [0.2, 0.25) is 0 Å². The highest BCUT2D eigenvalue weighted by atomic mass is 16.5. The largest absolute Gasteiger partial charge is 0.496 e. The van der Waals surface area contributed by atoms with Gasteiger partial charge in [0.15, 0.2) is 0 Å². The monoisotopic (exact) mass is 210 g/mol. The van der Waals surface area contributed by atoms with Gasteiger partial charge in [-0.3, -0.25) is 0 Å². The highest BCUT2D eigenvalue weighted by Crippen LogP contribution is 2.33. The van der Waals surface area contributed by atoms with Crippen molar-refractivity contribution in [2.45, 2.75) is 20.3 Å². The topological polar surface area (TPSA) is 44.5 Å². The summed E-state index contributed by atoms with van der Waals surface area (Å²) < 4.78 is 10.7. The van der Waals surface area contributed by atoms with Crippen molar-refractivity contribution in [3.8, 4) is 11.5 Å². The molecule has 0 saturated carbocycles. The summed E-state index contributed by atoms with van der Waals surface area (Å²) in [5.74, 6) is 1.83. The minimum Gasteiger partial charge on any atom is -0.496 e. The first kappa shape index (κ1) is 11.9. The lowest BCUT2D eigenvalue weighted by molar-refractivity contribution is 0.393. The molecule has 15 heavy (non-hydrogen) atoms. The van der Waals surface area contributed by atoms with Gasteiger partial charge in [0.05, 0.1) is 14.2 Å². The quantitative estimate of drug-likeness (QED) is 0.824. The van der Waals surface area contributed by atoms with E-state index in [1.54, 1.807) is 14.2 Å². The van der Waals surface area contributed by atoms with Crippen LogP contribution in [0.15, 0.2) is 6.07 Å². The molecule has 0 bridgehead atoms. The zero-order valence-electron chi connectivity index (χ0n) is 9.89. The standard InChI is InChI=1S/C12H19NO2/c1-8-9(2)12(15-4)10(5-6-13)7-11(8)14-3/h7H,5-6,13H2,1-4H3/i7+1. The van der Waals surface area contributed by atoms with E-state index < -0.39 is 0 Å². The molecule has 0 amide bonds. The summed E-state index contributed by atoms with van der Waals surface area (Å²) in [5, 5.41) is 0. The lowest BCUT2D eigenvalue weighted by Crippen LogP contribution is -2.06. The summed E-state index contributed by atoms with van der Waals surface area (Å²) in [4.78, 5) is 0. The van der Waals surface area contributed by atoms with Crippen molar-refractivity contribution in [2.24, 2.45) is 5.73 Å². The first-order valence-electron chi connectivity index (χ1n) is 5.06. The third-order valence-electron chi connectivity index (χ3n) is 2.71. The van der Waals surface area contributed by atoms with Crippen molar-refractivity contribution < 1.29 is 9.47 Å². The molecule has 1 aromatic rings. The number of hydrogen-bond donors (Lipinski definition) is 1. The Hall–Kier alpha value is -1.22. The second kappa shape index (κ2) is 5.03. The van der Waals surface area contributed by atoms with E-state index in [0.717, 1.165) is 34.6 Å². The van der Waals surface area contributed by atoms with Crippen LogP contribution in [0.25, 0.3) is 0 Å². The molecule has 3 nitrogen and oxygen atoms in total. The number of benzene rings is 1.